The molecule has 0 bridgehead atoms. The van der Waals surface area contributed by atoms with Gasteiger partial charge in [-0.15, -0.1) is 0 Å². The predicted molar refractivity (Wildman–Crippen MR) is 89.9 cm³/mol. The summed E-state index contributed by atoms with van der Waals surface area (Å²) in [6, 6.07) is 13.9. The highest BCUT2D eigenvalue weighted by molar-refractivity contribution is 9.10. The molecule has 1 nitrogen and oxygen atoms in total. The molecule has 2 atom stereocenters. The first kappa shape index (κ1) is 16.2. The minimum Gasteiger partial charge on any atom is -0.303 e. The van der Waals surface area contributed by atoms with Crippen molar-refractivity contribution in [2.75, 3.05) is 0 Å². The summed E-state index contributed by atoms with van der Waals surface area (Å²) in [6.45, 7) is 6.37. The predicted octanol–water partition coefficient (Wildman–Crippen LogP) is 5.70. The lowest BCUT2D eigenvalue weighted by atomic mass is 10.0. The molecule has 0 radical (unpaired) electrons. The molecule has 0 fully saturated rings. The summed E-state index contributed by atoms with van der Waals surface area (Å²) in [4.78, 5) is 0. The van der Waals surface area contributed by atoms with Crippen LogP contribution in [0.25, 0.3) is 0 Å². The van der Waals surface area contributed by atoms with Crippen LogP contribution in [-0.2, 0) is 0 Å². The van der Waals surface area contributed by atoms with E-state index < -0.39 is 0 Å². The van der Waals surface area contributed by atoms with Gasteiger partial charge in [-0.05, 0) is 43.5 Å². The van der Waals surface area contributed by atoms with Gasteiger partial charge >= 0.3 is 0 Å². The molecule has 0 heterocycles. The standard InChI is InChI=1S/C18H21BrFN/c1-4-18(14-7-5-12(2)6-8-14)21-13(3)16-10-9-15(20)11-17(16)19/h5-11,13,18,21H,4H2,1-3H3. The normalized spacial score (nSPS) is 14.0. The zero-order valence-corrected chi connectivity index (χ0v) is 14.2. The highest BCUT2D eigenvalue weighted by Crippen LogP contribution is 2.27. The number of hydrogen-bond donors (Lipinski definition) is 1. The molecule has 0 saturated heterocycles. The molecule has 0 aliphatic rings. The van der Waals surface area contributed by atoms with Gasteiger partial charge in [0.2, 0.25) is 0 Å². The summed E-state index contributed by atoms with van der Waals surface area (Å²) >= 11 is 3.45. The van der Waals surface area contributed by atoms with E-state index in [0.29, 0.717) is 0 Å². The number of halogens is 2. The average Bonchev–Trinajstić information content (AvgIpc) is 2.45. The van der Waals surface area contributed by atoms with Crippen molar-refractivity contribution >= 4 is 15.9 Å². The minimum absolute atomic E-state index is 0.145. The fourth-order valence-electron chi connectivity index (χ4n) is 2.49. The van der Waals surface area contributed by atoms with Crippen LogP contribution in [0, 0.1) is 12.7 Å². The number of rotatable bonds is 5. The Hall–Kier alpha value is -1.19. The molecule has 0 aliphatic carbocycles. The van der Waals surface area contributed by atoms with Crippen LogP contribution in [0.5, 0.6) is 0 Å². The van der Waals surface area contributed by atoms with Gasteiger partial charge in [0.05, 0.1) is 0 Å². The second-order valence-electron chi connectivity index (χ2n) is 5.43. The second kappa shape index (κ2) is 7.19. The average molecular weight is 350 g/mol. The van der Waals surface area contributed by atoms with E-state index in [9.17, 15) is 4.39 Å². The summed E-state index contributed by atoms with van der Waals surface area (Å²) in [5.74, 6) is -0.219. The fourth-order valence-corrected chi connectivity index (χ4v) is 3.19. The van der Waals surface area contributed by atoms with E-state index >= 15 is 0 Å². The van der Waals surface area contributed by atoms with Crippen molar-refractivity contribution in [3.05, 3.63) is 69.4 Å². The lowest BCUT2D eigenvalue weighted by molar-refractivity contribution is 0.455. The lowest BCUT2D eigenvalue weighted by Gasteiger charge is -2.24. The Balaban J connectivity index is 2.15. The Morgan fingerprint density at radius 3 is 2.38 bits per heavy atom. The Labute approximate surface area is 134 Å². The van der Waals surface area contributed by atoms with Gasteiger partial charge in [-0.3, -0.25) is 0 Å². The van der Waals surface area contributed by atoms with Crippen molar-refractivity contribution in [3.8, 4) is 0 Å². The summed E-state index contributed by atoms with van der Waals surface area (Å²) in [7, 11) is 0. The number of aryl methyl sites for hydroxylation is 1. The molecule has 0 saturated carbocycles. The van der Waals surface area contributed by atoms with Crippen LogP contribution in [0.2, 0.25) is 0 Å². The van der Waals surface area contributed by atoms with Crippen LogP contribution in [0.15, 0.2) is 46.9 Å². The van der Waals surface area contributed by atoms with Crippen molar-refractivity contribution in [1.29, 1.82) is 0 Å². The van der Waals surface area contributed by atoms with E-state index in [1.54, 1.807) is 0 Å². The first-order chi connectivity index (χ1) is 10.0. The zero-order valence-electron chi connectivity index (χ0n) is 12.7. The molecule has 1 N–H and O–H groups in total. The second-order valence-corrected chi connectivity index (χ2v) is 6.28. The third kappa shape index (κ3) is 4.14. The van der Waals surface area contributed by atoms with Crippen molar-refractivity contribution in [1.82, 2.24) is 5.32 Å². The highest BCUT2D eigenvalue weighted by Gasteiger charge is 2.15. The minimum atomic E-state index is -0.219. The molecule has 0 spiro atoms. The van der Waals surface area contributed by atoms with E-state index in [1.807, 2.05) is 6.07 Å². The molecule has 2 rings (SSSR count). The molecule has 112 valence electrons. The summed E-state index contributed by atoms with van der Waals surface area (Å²) in [6.07, 6.45) is 1.01. The fraction of sp³-hybridized carbons (Fsp3) is 0.333. The van der Waals surface area contributed by atoms with Crippen LogP contribution in [0.1, 0.15) is 49.0 Å². The van der Waals surface area contributed by atoms with E-state index in [1.165, 1.54) is 23.3 Å². The van der Waals surface area contributed by atoms with Gasteiger partial charge in [0.25, 0.3) is 0 Å². The van der Waals surface area contributed by atoms with Crippen LogP contribution in [0.3, 0.4) is 0 Å². The molecule has 0 aliphatic heterocycles. The van der Waals surface area contributed by atoms with E-state index in [2.05, 4.69) is 66.3 Å². The SMILES string of the molecule is CCC(NC(C)c1ccc(F)cc1Br)c1ccc(C)cc1. The number of benzene rings is 2. The summed E-state index contributed by atoms with van der Waals surface area (Å²) < 4.78 is 14.0. The smallest absolute Gasteiger partial charge is 0.124 e. The maximum atomic E-state index is 13.2. The topological polar surface area (TPSA) is 12.0 Å². The maximum Gasteiger partial charge on any atom is 0.124 e. The van der Waals surface area contributed by atoms with E-state index in [4.69, 9.17) is 0 Å². The Morgan fingerprint density at radius 1 is 1.14 bits per heavy atom. The van der Waals surface area contributed by atoms with Crippen LogP contribution >= 0.6 is 15.9 Å². The largest absolute Gasteiger partial charge is 0.303 e. The van der Waals surface area contributed by atoms with Crippen molar-refractivity contribution < 1.29 is 4.39 Å². The van der Waals surface area contributed by atoms with Crippen LogP contribution in [0.4, 0.5) is 4.39 Å². The molecule has 2 unspecified atom stereocenters. The highest BCUT2D eigenvalue weighted by atomic mass is 79.9. The van der Waals surface area contributed by atoms with Crippen LogP contribution < -0.4 is 5.32 Å². The molecular formula is C18H21BrFN. The Kier molecular flexibility index (Phi) is 5.54. The van der Waals surface area contributed by atoms with Gasteiger partial charge in [-0.1, -0.05) is 58.7 Å². The molecule has 21 heavy (non-hydrogen) atoms. The Bertz CT molecular complexity index is 595. The molecular weight excluding hydrogens is 329 g/mol. The van der Waals surface area contributed by atoms with Gasteiger partial charge in [-0.2, -0.15) is 0 Å². The van der Waals surface area contributed by atoms with Gasteiger partial charge in [0, 0.05) is 16.6 Å². The lowest BCUT2D eigenvalue weighted by Crippen LogP contribution is -2.24. The molecule has 0 amide bonds. The van der Waals surface area contributed by atoms with Gasteiger partial charge in [-0.25, -0.2) is 4.39 Å². The molecule has 0 aromatic heterocycles. The number of nitrogens with one attached hydrogen (secondary N) is 1. The number of hydrogen-bond acceptors (Lipinski definition) is 1. The molecule has 2 aromatic rings. The first-order valence-corrected chi connectivity index (χ1v) is 8.08. The maximum absolute atomic E-state index is 13.2. The van der Waals surface area contributed by atoms with Gasteiger partial charge < -0.3 is 5.32 Å². The molecule has 3 heteroatoms. The molecule has 2 aromatic carbocycles. The Morgan fingerprint density at radius 2 is 1.81 bits per heavy atom. The third-order valence-electron chi connectivity index (χ3n) is 3.77. The summed E-state index contributed by atoms with van der Waals surface area (Å²) in [5.41, 5.74) is 3.62. The van der Waals surface area contributed by atoms with E-state index in [-0.39, 0.29) is 17.9 Å². The quantitative estimate of drug-likeness (QED) is 0.730. The van der Waals surface area contributed by atoms with Gasteiger partial charge in [0.1, 0.15) is 5.82 Å². The third-order valence-corrected chi connectivity index (χ3v) is 4.45. The van der Waals surface area contributed by atoms with Crippen molar-refractivity contribution in [2.45, 2.75) is 39.3 Å². The summed E-state index contributed by atoms with van der Waals surface area (Å²) in [5, 5.41) is 3.63. The van der Waals surface area contributed by atoms with E-state index in [0.717, 1.165) is 16.5 Å². The monoisotopic (exact) mass is 349 g/mol. The first-order valence-electron chi connectivity index (χ1n) is 7.28. The van der Waals surface area contributed by atoms with Crippen molar-refractivity contribution in [2.24, 2.45) is 0 Å². The van der Waals surface area contributed by atoms with Crippen molar-refractivity contribution in [3.63, 3.8) is 0 Å². The van der Waals surface area contributed by atoms with Crippen LogP contribution in [-0.4, -0.2) is 0 Å². The van der Waals surface area contributed by atoms with Gasteiger partial charge in [0.15, 0.2) is 0 Å². The zero-order chi connectivity index (χ0) is 15.4.